The van der Waals surface area contributed by atoms with E-state index in [1.165, 1.54) is 17.4 Å². The van der Waals surface area contributed by atoms with Gasteiger partial charge in [0.05, 0.1) is 6.20 Å². The van der Waals surface area contributed by atoms with Crippen molar-refractivity contribution in [2.24, 2.45) is 7.05 Å². The van der Waals surface area contributed by atoms with Crippen LogP contribution in [0.2, 0.25) is 0 Å². The molecule has 0 fully saturated rings. The molecular formula is C10H12FN3S. The second kappa shape index (κ2) is 4.55. The molecule has 0 radical (unpaired) electrons. The molecule has 0 saturated heterocycles. The maximum Gasteiger partial charge on any atom is 0.176 e. The zero-order valence-corrected chi connectivity index (χ0v) is 9.22. The van der Waals surface area contributed by atoms with Crippen molar-refractivity contribution >= 4 is 11.3 Å². The van der Waals surface area contributed by atoms with Gasteiger partial charge in [0.2, 0.25) is 0 Å². The molecule has 0 aliphatic heterocycles. The Balaban J connectivity index is 1.80. The third-order valence-corrected chi connectivity index (χ3v) is 2.89. The van der Waals surface area contributed by atoms with Gasteiger partial charge in [0, 0.05) is 36.8 Å². The Morgan fingerprint density at radius 3 is 2.93 bits per heavy atom. The smallest absolute Gasteiger partial charge is 0.176 e. The zero-order valence-electron chi connectivity index (χ0n) is 8.40. The van der Waals surface area contributed by atoms with Crippen molar-refractivity contribution in [3.8, 4) is 0 Å². The van der Waals surface area contributed by atoms with Gasteiger partial charge in [-0.1, -0.05) is 0 Å². The standard InChI is InChI=1S/C10H12FN3S/c1-14-7-8(5-13-14)4-12-6-9-2-3-10(11)15-9/h2-3,5,7,12H,4,6H2,1H3. The second-order valence-corrected chi connectivity index (χ2v) is 4.45. The summed E-state index contributed by atoms with van der Waals surface area (Å²) in [7, 11) is 1.89. The third-order valence-electron chi connectivity index (χ3n) is 2.02. The lowest BCUT2D eigenvalue weighted by Gasteiger charge is -1.99. The topological polar surface area (TPSA) is 29.9 Å². The van der Waals surface area contributed by atoms with E-state index in [9.17, 15) is 4.39 Å². The fourth-order valence-electron chi connectivity index (χ4n) is 1.34. The molecule has 15 heavy (non-hydrogen) atoms. The second-order valence-electron chi connectivity index (χ2n) is 3.33. The monoisotopic (exact) mass is 225 g/mol. The maximum absolute atomic E-state index is 12.7. The highest BCUT2D eigenvalue weighted by molar-refractivity contribution is 7.10. The predicted molar refractivity (Wildman–Crippen MR) is 58.0 cm³/mol. The number of aryl methyl sites for hydroxylation is 1. The van der Waals surface area contributed by atoms with Gasteiger partial charge < -0.3 is 5.32 Å². The number of rotatable bonds is 4. The Morgan fingerprint density at radius 1 is 1.47 bits per heavy atom. The summed E-state index contributed by atoms with van der Waals surface area (Å²) in [5.41, 5.74) is 1.13. The third kappa shape index (κ3) is 2.87. The lowest BCUT2D eigenvalue weighted by molar-refractivity contribution is 0.657. The van der Waals surface area contributed by atoms with Crippen LogP contribution in [0.1, 0.15) is 10.4 Å². The van der Waals surface area contributed by atoms with Crippen LogP contribution in [0.15, 0.2) is 24.5 Å². The molecule has 2 aromatic heterocycles. The Hall–Kier alpha value is -1.20. The molecule has 0 atom stereocenters. The summed E-state index contributed by atoms with van der Waals surface area (Å²) in [6.07, 6.45) is 3.78. The first-order valence-electron chi connectivity index (χ1n) is 4.66. The van der Waals surface area contributed by atoms with Crippen LogP contribution >= 0.6 is 11.3 Å². The van der Waals surface area contributed by atoms with Crippen LogP contribution in [0.4, 0.5) is 4.39 Å². The van der Waals surface area contributed by atoms with Gasteiger partial charge in [0.1, 0.15) is 0 Å². The van der Waals surface area contributed by atoms with E-state index in [0.29, 0.717) is 6.54 Å². The summed E-state index contributed by atoms with van der Waals surface area (Å²) in [5.74, 6) is 0. The molecule has 0 aliphatic carbocycles. The van der Waals surface area contributed by atoms with Gasteiger partial charge >= 0.3 is 0 Å². The normalized spacial score (nSPS) is 10.8. The Kier molecular flexibility index (Phi) is 3.13. The number of hydrogen-bond donors (Lipinski definition) is 1. The van der Waals surface area contributed by atoms with Crippen LogP contribution in [-0.4, -0.2) is 9.78 Å². The van der Waals surface area contributed by atoms with Crippen molar-refractivity contribution in [2.75, 3.05) is 0 Å². The van der Waals surface area contributed by atoms with Crippen LogP contribution in [0.3, 0.4) is 0 Å². The molecule has 3 nitrogen and oxygen atoms in total. The first kappa shape index (κ1) is 10.3. The van der Waals surface area contributed by atoms with E-state index in [4.69, 9.17) is 0 Å². The van der Waals surface area contributed by atoms with Gasteiger partial charge in [-0.15, -0.1) is 11.3 Å². The maximum atomic E-state index is 12.7. The Morgan fingerprint density at radius 2 is 2.33 bits per heavy atom. The van der Waals surface area contributed by atoms with Crippen molar-refractivity contribution in [3.63, 3.8) is 0 Å². The van der Waals surface area contributed by atoms with Gasteiger partial charge in [0.15, 0.2) is 5.13 Å². The number of aromatic nitrogens is 2. The summed E-state index contributed by atoms with van der Waals surface area (Å²) in [6.45, 7) is 1.46. The molecule has 0 saturated carbocycles. The van der Waals surface area contributed by atoms with Gasteiger partial charge in [-0.05, 0) is 12.1 Å². The number of nitrogens with zero attached hydrogens (tertiary/aromatic N) is 2. The molecule has 0 spiro atoms. The predicted octanol–water partition coefficient (Wildman–Crippen LogP) is 1.91. The molecule has 0 amide bonds. The minimum absolute atomic E-state index is 0.131. The molecule has 0 aromatic carbocycles. The molecule has 0 aliphatic rings. The summed E-state index contributed by atoms with van der Waals surface area (Å²) in [6, 6.07) is 3.29. The lowest BCUT2D eigenvalue weighted by Crippen LogP contribution is -2.11. The first-order chi connectivity index (χ1) is 7.24. The Labute approximate surface area is 91.5 Å². The van der Waals surface area contributed by atoms with Crippen LogP contribution in [0, 0.1) is 5.13 Å². The van der Waals surface area contributed by atoms with E-state index >= 15 is 0 Å². The average Bonchev–Trinajstić information content (AvgIpc) is 2.76. The summed E-state index contributed by atoms with van der Waals surface area (Å²) in [4.78, 5) is 1.01. The molecule has 2 rings (SSSR count). The number of hydrogen-bond acceptors (Lipinski definition) is 3. The van der Waals surface area contributed by atoms with Crippen LogP contribution in [0.5, 0.6) is 0 Å². The average molecular weight is 225 g/mol. The van der Waals surface area contributed by atoms with E-state index in [2.05, 4.69) is 10.4 Å². The number of halogens is 1. The fourth-order valence-corrected chi connectivity index (χ4v) is 2.04. The summed E-state index contributed by atoms with van der Waals surface area (Å²) in [5, 5.41) is 7.17. The van der Waals surface area contributed by atoms with Crippen molar-refractivity contribution in [2.45, 2.75) is 13.1 Å². The van der Waals surface area contributed by atoms with Gasteiger partial charge in [-0.3, -0.25) is 4.68 Å². The van der Waals surface area contributed by atoms with Gasteiger partial charge in [-0.25, -0.2) is 0 Å². The molecular weight excluding hydrogens is 213 g/mol. The van der Waals surface area contributed by atoms with Gasteiger partial charge in [0.25, 0.3) is 0 Å². The van der Waals surface area contributed by atoms with Crippen molar-refractivity contribution < 1.29 is 4.39 Å². The van der Waals surface area contributed by atoms with Gasteiger partial charge in [-0.2, -0.15) is 9.49 Å². The zero-order chi connectivity index (χ0) is 10.7. The molecule has 5 heteroatoms. The minimum Gasteiger partial charge on any atom is -0.308 e. The van der Waals surface area contributed by atoms with E-state index in [0.717, 1.165) is 17.0 Å². The lowest BCUT2D eigenvalue weighted by atomic mass is 10.3. The van der Waals surface area contributed by atoms with Crippen LogP contribution in [-0.2, 0) is 20.1 Å². The molecule has 80 valence electrons. The van der Waals surface area contributed by atoms with Crippen molar-refractivity contribution in [1.82, 2.24) is 15.1 Å². The molecule has 0 bridgehead atoms. The quantitative estimate of drug-likeness (QED) is 0.861. The van der Waals surface area contributed by atoms with E-state index in [1.54, 1.807) is 10.7 Å². The van der Waals surface area contributed by atoms with Crippen LogP contribution < -0.4 is 5.32 Å². The molecule has 2 aromatic rings. The van der Waals surface area contributed by atoms with Crippen molar-refractivity contribution in [1.29, 1.82) is 0 Å². The SMILES string of the molecule is Cn1cc(CNCc2ccc(F)s2)cn1. The van der Waals surface area contributed by atoms with Crippen LogP contribution in [0.25, 0.3) is 0 Å². The molecule has 2 heterocycles. The minimum atomic E-state index is -0.131. The molecule has 1 N–H and O–H groups in total. The molecule has 0 unspecified atom stereocenters. The summed E-state index contributed by atoms with van der Waals surface area (Å²) < 4.78 is 14.4. The number of nitrogens with one attached hydrogen (secondary N) is 1. The largest absolute Gasteiger partial charge is 0.308 e. The van der Waals surface area contributed by atoms with E-state index < -0.39 is 0 Å². The highest BCUT2D eigenvalue weighted by Crippen LogP contribution is 2.13. The number of thiophene rings is 1. The van der Waals surface area contributed by atoms with E-state index in [1.807, 2.05) is 19.4 Å². The van der Waals surface area contributed by atoms with E-state index in [-0.39, 0.29) is 5.13 Å². The van der Waals surface area contributed by atoms with Crippen molar-refractivity contribution in [3.05, 3.63) is 40.1 Å². The fraction of sp³-hybridized carbons (Fsp3) is 0.300. The summed E-state index contributed by atoms with van der Waals surface area (Å²) >= 11 is 1.18. The Bertz CT molecular complexity index is 395. The first-order valence-corrected chi connectivity index (χ1v) is 5.48. The highest BCUT2D eigenvalue weighted by atomic mass is 32.1. The highest BCUT2D eigenvalue weighted by Gasteiger charge is 1.99.